The minimum atomic E-state index is -0.516. The highest BCUT2D eigenvalue weighted by atomic mass is 15.0. The molecule has 9 heterocycles. The Labute approximate surface area is 354 Å². The van der Waals surface area contributed by atoms with Gasteiger partial charge in [-0.1, -0.05) is 102 Å². The summed E-state index contributed by atoms with van der Waals surface area (Å²) in [5.41, 5.74) is 10.3. The summed E-state index contributed by atoms with van der Waals surface area (Å²) in [5, 5.41) is 15.3. The number of aromatic nitrogens is 4. The number of fused-ring (bicyclic) bond motifs is 8. The number of allylic oxidation sites excluding steroid dienone is 8. The van der Waals surface area contributed by atoms with Crippen LogP contribution in [-0.4, -0.2) is 19.9 Å². The van der Waals surface area contributed by atoms with Gasteiger partial charge in [-0.05, 0) is 123 Å². The van der Waals surface area contributed by atoms with E-state index in [0.29, 0.717) is 0 Å². The van der Waals surface area contributed by atoms with Crippen molar-refractivity contribution < 1.29 is 0 Å². The van der Waals surface area contributed by atoms with Crippen LogP contribution in [-0.2, 0) is 22.2 Å². The summed E-state index contributed by atoms with van der Waals surface area (Å²) in [6.45, 7) is 9.02. The van der Waals surface area contributed by atoms with Crippen LogP contribution < -0.4 is 21.3 Å². The van der Waals surface area contributed by atoms with Crippen LogP contribution in [0.3, 0.4) is 0 Å². The zero-order valence-corrected chi connectivity index (χ0v) is 35.4. The van der Waals surface area contributed by atoms with E-state index < -0.39 is 22.2 Å². The third kappa shape index (κ3) is 6.62. The van der Waals surface area contributed by atoms with Gasteiger partial charge in [-0.15, -0.1) is 0 Å². The molecule has 3 aromatic rings. The molecule has 4 atom stereocenters. The van der Waals surface area contributed by atoms with Crippen molar-refractivity contribution in [1.29, 1.82) is 0 Å². The Morgan fingerprint density at radius 1 is 0.367 bits per heavy atom. The van der Waals surface area contributed by atoms with Crippen molar-refractivity contribution in [3.8, 4) is 0 Å². The van der Waals surface area contributed by atoms with Crippen molar-refractivity contribution in [1.82, 2.24) is 41.2 Å². The maximum atomic E-state index is 5.68. The minimum Gasteiger partial charge on any atom is -0.378 e. The second-order valence-corrected chi connectivity index (χ2v) is 16.8. The summed E-state index contributed by atoms with van der Waals surface area (Å²) in [6.07, 6.45) is 50.8. The molecule has 4 unspecified atom stereocenters. The molecule has 8 nitrogen and oxygen atoms in total. The van der Waals surface area contributed by atoms with E-state index >= 15 is 0 Å². The van der Waals surface area contributed by atoms with Crippen molar-refractivity contribution in [2.24, 2.45) is 0 Å². The maximum Gasteiger partial charge on any atom is 0.0850 e. The Bertz CT molecular complexity index is 2500. The molecular weight excluding hydrogens is 737 g/mol. The fraction of sp³-hybridized carbons (Fsp3) is 0.308. The normalized spacial score (nSPS) is 25.7. The van der Waals surface area contributed by atoms with Crippen molar-refractivity contribution >= 4 is 46.4 Å². The average molecular weight is 795 g/mol. The molecule has 0 fully saturated rings. The standard InChI is InChI=1S/C52H58N8/c1-5-25-49(29-9-13-33-53-49)45-37-17-19-39(57-37)46(50(26-6-2)30-10-14-34-54-50)41-21-23-43(59-41)48(52(28-8-4)32-12-16-36-56-52)44-24-22-42(60-44)47(40-20-18-38(45)58-40)51(27-7-3)31-11-15-35-55-51/h9-24,29-36,53-58H,5-8,25-28H2,1-4H3. The van der Waals surface area contributed by atoms with Crippen molar-refractivity contribution in [3.63, 3.8) is 0 Å². The van der Waals surface area contributed by atoms with Crippen LogP contribution in [0.4, 0.5) is 0 Å². The molecule has 0 aliphatic carbocycles. The van der Waals surface area contributed by atoms with Crippen molar-refractivity contribution in [3.05, 3.63) is 167 Å². The lowest BCUT2D eigenvalue weighted by Gasteiger charge is -2.35. The molecule has 0 saturated carbocycles. The largest absolute Gasteiger partial charge is 0.378 e. The fourth-order valence-electron chi connectivity index (χ4n) is 10.5. The van der Waals surface area contributed by atoms with Gasteiger partial charge in [0, 0.05) is 44.3 Å². The first-order chi connectivity index (χ1) is 29.4. The van der Waals surface area contributed by atoms with E-state index in [2.05, 4.69) is 205 Å². The lowest BCUT2D eigenvalue weighted by Crippen LogP contribution is -2.40. The number of rotatable bonds is 12. The zero-order valence-electron chi connectivity index (χ0n) is 35.4. The van der Waals surface area contributed by atoms with Crippen LogP contribution >= 0.6 is 0 Å². The van der Waals surface area contributed by atoms with E-state index in [-0.39, 0.29) is 0 Å². The summed E-state index contributed by atoms with van der Waals surface area (Å²) >= 11 is 0. The molecular formula is C52H58N8. The molecule has 6 N–H and O–H groups in total. The molecule has 6 aliphatic rings. The molecule has 0 aromatic carbocycles. The number of hydrogen-bond donors (Lipinski definition) is 6. The van der Waals surface area contributed by atoms with E-state index in [1.54, 1.807) is 0 Å². The quantitative estimate of drug-likeness (QED) is 0.0751. The van der Waals surface area contributed by atoms with E-state index in [9.17, 15) is 0 Å². The van der Waals surface area contributed by atoms with Gasteiger partial charge in [-0.3, -0.25) is 0 Å². The number of dihydropyridines is 4. The predicted molar refractivity (Wildman–Crippen MR) is 251 cm³/mol. The van der Waals surface area contributed by atoms with Gasteiger partial charge in [0.1, 0.15) is 0 Å². The van der Waals surface area contributed by atoms with Crippen LogP contribution in [0.2, 0.25) is 0 Å². The molecule has 8 heteroatoms. The van der Waals surface area contributed by atoms with Gasteiger partial charge < -0.3 is 31.2 Å². The first-order valence-corrected chi connectivity index (χ1v) is 22.1. The third-order valence-corrected chi connectivity index (χ3v) is 12.8. The summed E-state index contributed by atoms with van der Waals surface area (Å²) in [7, 11) is 0. The fourth-order valence-corrected chi connectivity index (χ4v) is 10.5. The van der Waals surface area contributed by atoms with Crippen LogP contribution in [0.1, 0.15) is 124 Å². The van der Waals surface area contributed by atoms with Gasteiger partial charge in [0.05, 0.1) is 44.9 Å². The Balaban J connectivity index is 1.49. The summed E-state index contributed by atoms with van der Waals surface area (Å²) in [5.74, 6) is 0. The highest BCUT2D eigenvalue weighted by Crippen LogP contribution is 2.43. The molecule has 3 aromatic heterocycles. The van der Waals surface area contributed by atoms with Crippen molar-refractivity contribution in [2.45, 2.75) is 101 Å². The second kappa shape index (κ2) is 16.1. The Morgan fingerprint density at radius 3 is 0.950 bits per heavy atom. The molecule has 306 valence electrons. The molecule has 0 amide bonds. The highest BCUT2D eigenvalue weighted by Gasteiger charge is 2.39. The van der Waals surface area contributed by atoms with Gasteiger partial charge in [0.25, 0.3) is 0 Å². The molecule has 6 aliphatic heterocycles. The highest BCUT2D eigenvalue weighted by molar-refractivity contribution is 5.86. The minimum absolute atomic E-state index is 0.469. The lowest BCUT2D eigenvalue weighted by atomic mass is 9.82. The monoisotopic (exact) mass is 794 g/mol. The average Bonchev–Trinajstić information content (AvgIpc) is 4.11. The first-order valence-electron chi connectivity index (χ1n) is 22.1. The van der Waals surface area contributed by atoms with Crippen LogP contribution in [0, 0.1) is 0 Å². The molecule has 9 rings (SSSR count). The van der Waals surface area contributed by atoms with Crippen LogP contribution in [0.15, 0.2) is 122 Å². The van der Waals surface area contributed by atoms with Gasteiger partial charge in [-0.25, -0.2) is 9.97 Å². The summed E-state index contributed by atoms with van der Waals surface area (Å²) in [6, 6.07) is 9.05. The summed E-state index contributed by atoms with van der Waals surface area (Å²) < 4.78 is 0. The van der Waals surface area contributed by atoms with Crippen LogP contribution in [0.5, 0.6) is 0 Å². The van der Waals surface area contributed by atoms with Gasteiger partial charge in [0.2, 0.25) is 0 Å². The topological polar surface area (TPSA) is 105 Å². The maximum absolute atomic E-state index is 5.68. The Hall–Kier alpha value is -6.28. The first kappa shape index (κ1) is 39.2. The van der Waals surface area contributed by atoms with Crippen molar-refractivity contribution in [2.75, 3.05) is 0 Å². The molecule has 0 spiro atoms. The van der Waals surface area contributed by atoms with Gasteiger partial charge in [-0.2, -0.15) is 0 Å². The predicted octanol–water partition coefficient (Wildman–Crippen LogP) is 11.3. The Morgan fingerprint density at radius 2 is 0.650 bits per heavy atom. The smallest absolute Gasteiger partial charge is 0.0850 e. The molecule has 8 bridgehead atoms. The molecule has 0 radical (unpaired) electrons. The number of aromatic amines is 2. The molecule has 60 heavy (non-hydrogen) atoms. The number of H-pyrrole nitrogens is 2. The van der Waals surface area contributed by atoms with Crippen LogP contribution in [0.25, 0.3) is 46.4 Å². The number of nitrogens with zero attached hydrogens (tertiary/aromatic N) is 2. The Kier molecular flexibility index (Phi) is 10.5. The molecule has 0 saturated heterocycles. The van der Waals surface area contributed by atoms with Gasteiger partial charge in [0.15, 0.2) is 0 Å². The second-order valence-electron chi connectivity index (χ2n) is 16.8. The van der Waals surface area contributed by atoms with E-state index in [4.69, 9.17) is 9.97 Å². The number of nitrogens with one attached hydrogen (secondary N) is 6. The number of hydrogen-bond acceptors (Lipinski definition) is 6. The van der Waals surface area contributed by atoms with E-state index in [0.717, 1.165) is 118 Å². The summed E-state index contributed by atoms with van der Waals surface area (Å²) in [4.78, 5) is 19.4. The third-order valence-electron chi connectivity index (χ3n) is 12.8. The van der Waals surface area contributed by atoms with E-state index in [1.165, 1.54) is 0 Å². The van der Waals surface area contributed by atoms with Gasteiger partial charge >= 0.3 is 0 Å². The SMILES string of the molecule is CCCC1(c2c3nc(c(C4(CCC)C=CC=CN4)c4ccc([nH]4)c(C4(CCC)C=CC=CN4)c4ccc([nH]4)c(C4(CCC)C=CC=CN4)c4nc2C=C4)C=C3)C=CC=CN1. The van der Waals surface area contributed by atoms with E-state index in [1.807, 2.05) is 0 Å². The zero-order chi connectivity index (χ0) is 41.2. The lowest BCUT2D eigenvalue weighted by molar-refractivity contribution is 0.425.